The number of carbonyl (C=O) groups is 1. The summed E-state index contributed by atoms with van der Waals surface area (Å²) in [6.07, 6.45) is -1.12. The first-order valence-corrected chi connectivity index (χ1v) is 4.56. The van der Waals surface area contributed by atoms with Gasteiger partial charge in [0.25, 0.3) is 0 Å². The molecule has 0 bridgehead atoms. The van der Waals surface area contributed by atoms with Gasteiger partial charge < -0.3 is 19.9 Å². The maximum absolute atomic E-state index is 12.8. The molecule has 1 aromatic carbocycles. The number of nitrogens with one attached hydrogen (secondary N) is 1. The lowest BCUT2D eigenvalue weighted by Crippen LogP contribution is -2.26. The normalized spacial score (nSPS) is 9.62. The Bertz CT molecular complexity index is 370. The molecule has 0 aliphatic carbocycles. The molecular formula is C10H12FNO4. The molecular weight excluding hydrogens is 217 g/mol. The van der Waals surface area contributed by atoms with Crippen molar-refractivity contribution in [1.82, 2.24) is 5.32 Å². The first kappa shape index (κ1) is 12.1. The van der Waals surface area contributed by atoms with Crippen molar-refractivity contribution in [3.63, 3.8) is 0 Å². The predicted octanol–water partition coefficient (Wildman–Crippen LogP) is 1.48. The zero-order valence-electron chi connectivity index (χ0n) is 8.70. The fourth-order valence-corrected chi connectivity index (χ4v) is 1.08. The Morgan fingerprint density at radius 1 is 1.50 bits per heavy atom. The molecule has 5 nitrogen and oxygen atoms in total. The Labute approximate surface area is 91.8 Å². The van der Waals surface area contributed by atoms with E-state index in [2.05, 4.69) is 5.32 Å². The van der Waals surface area contributed by atoms with E-state index in [0.29, 0.717) is 5.75 Å². The van der Waals surface area contributed by atoms with E-state index >= 15 is 0 Å². The Morgan fingerprint density at radius 2 is 2.25 bits per heavy atom. The van der Waals surface area contributed by atoms with E-state index in [0.717, 1.165) is 0 Å². The number of hydrogen-bond donors (Lipinski definition) is 2. The van der Waals surface area contributed by atoms with Crippen LogP contribution in [0.4, 0.5) is 9.18 Å². The average Bonchev–Trinajstić information content (AvgIpc) is 2.25. The van der Waals surface area contributed by atoms with Crippen LogP contribution in [0.2, 0.25) is 0 Å². The van der Waals surface area contributed by atoms with Gasteiger partial charge >= 0.3 is 6.09 Å². The van der Waals surface area contributed by atoms with Crippen LogP contribution >= 0.6 is 0 Å². The van der Waals surface area contributed by atoms with Crippen molar-refractivity contribution in [2.24, 2.45) is 0 Å². The molecule has 0 heterocycles. The lowest BCUT2D eigenvalue weighted by molar-refractivity contribution is 0.191. The Morgan fingerprint density at radius 3 is 2.88 bits per heavy atom. The van der Waals surface area contributed by atoms with Crippen LogP contribution in [0, 0.1) is 5.82 Å². The van der Waals surface area contributed by atoms with Gasteiger partial charge in [-0.15, -0.1) is 0 Å². The summed E-state index contributed by atoms with van der Waals surface area (Å²) in [6, 6.07) is 3.86. The third kappa shape index (κ3) is 3.64. The van der Waals surface area contributed by atoms with Crippen LogP contribution in [0.5, 0.6) is 11.5 Å². The number of benzene rings is 1. The quantitative estimate of drug-likeness (QED) is 0.750. The minimum absolute atomic E-state index is 0.147. The van der Waals surface area contributed by atoms with E-state index in [-0.39, 0.29) is 18.9 Å². The molecule has 1 aromatic rings. The second kappa shape index (κ2) is 5.79. The Kier molecular flexibility index (Phi) is 4.38. The van der Waals surface area contributed by atoms with Crippen LogP contribution in [-0.2, 0) is 0 Å². The van der Waals surface area contributed by atoms with E-state index in [9.17, 15) is 9.18 Å². The number of hydrogen-bond acceptors (Lipinski definition) is 3. The Hall–Kier alpha value is -1.98. The van der Waals surface area contributed by atoms with Crippen LogP contribution in [0.15, 0.2) is 18.2 Å². The molecule has 2 N–H and O–H groups in total. The minimum atomic E-state index is -1.12. The van der Waals surface area contributed by atoms with Crippen molar-refractivity contribution >= 4 is 6.09 Å². The first-order valence-electron chi connectivity index (χ1n) is 4.56. The van der Waals surface area contributed by atoms with Crippen LogP contribution in [0.1, 0.15) is 0 Å². The topological polar surface area (TPSA) is 67.8 Å². The first-order chi connectivity index (χ1) is 7.63. The fourth-order valence-electron chi connectivity index (χ4n) is 1.08. The van der Waals surface area contributed by atoms with Crippen molar-refractivity contribution in [1.29, 1.82) is 0 Å². The summed E-state index contributed by atoms with van der Waals surface area (Å²) in [7, 11) is 1.40. The predicted molar refractivity (Wildman–Crippen MR) is 54.5 cm³/mol. The number of amides is 1. The second-order valence-corrected chi connectivity index (χ2v) is 2.88. The van der Waals surface area contributed by atoms with Crippen molar-refractivity contribution in [3.05, 3.63) is 24.0 Å². The van der Waals surface area contributed by atoms with Gasteiger partial charge in [0.05, 0.1) is 13.7 Å². The lowest BCUT2D eigenvalue weighted by atomic mass is 10.3. The van der Waals surface area contributed by atoms with Crippen molar-refractivity contribution in [3.8, 4) is 11.5 Å². The number of rotatable bonds is 5. The monoisotopic (exact) mass is 229 g/mol. The third-order valence-corrected chi connectivity index (χ3v) is 1.76. The SMILES string of the molecule is COc1cc(F)ccc1OCCNC(=O)O. The fraction of sp³-hybridized carbons (Fsp3) is 0.300. The highest BCUT2D eigenvalue weighted by Crippen LogP contribution is 2.27. The maximum Gasteiger partial charge on any atom is 0.404 e. The summed E-state index contributed by atoms with van der Waals surface area (Å²) < 4.78 is 22.9. The van der Waals surface area contributed by atoms with Crippen LogP contribution in [0.3, 0.4) is 0 Å². The maximum atomic E-state index is 12.8. The molecule has 0 saturated heterocycles. The molecule has 0 aliphatic rings. The van der Waals surface area contributed by atoms with Crippen molar-refractivity contribution < 1.29 is 23.8 Å². The molecule has 1 rings (SSSR count). The van der Waals surface area contributed by atoms with Gasteiger partial charge in [-0.1, -0.05) is 0 Å². The number of carboxylic acid groups (broad SMARTS) is 1. The van der Waals surface area contributed by atoms with Gasteiger partial charge in [-0.05, 0) is 12.1 Å². The second-order valence-electron chi connectivity index (χ2n) is 2.88. The highest BCUT2D eigenvalue weighted by molar-refractivity contribution is 5.64. The van der Waals surface area contributed by atoms with E-state index in [1.807, 2.05) is 0 Å². The van der Waals surface area contributed by atoms with Gasteiger partial charge in [-0.25, -0.2) is 9.18 Å². The highest BCUT2D eigenvalue weighted by atomic mass is 19.1. The van der Waals surface area contributed by atoms with Crippen LogP contribution < -0.4 is 14.8 Å². The zero-order valence-corrected chi connectivity index (χ0v) is 8.70. The van der Waals surface area contributed by atoms with E-state index in [1.165, 1.54) is 25.3 Å². The molecule has 0 unspecified atom stereocenters. The zero-order chi connectivity index (χ0) is 12.0. The lowest BCUT2D eigenvalue weighted by Gasteiger charge is -2.10. The standard InChI is InChI=1S/C10H12FNO4/c1-15-9-6-7(11)2-3-8(9)16-5-4-12-10(13)14/h2-3,6,12H,4-5H2,1H3,(H,13,14). The van der Waals surface area contributed by atoms with E-state index in [1.54, 1.807) is 0 Å². The molecule has 16 heavy (non-hydrogen) atoms. The average molecular weight is 229 g/mol. The Balaban J connectivity index is 2.50. The molecule has 0 saturated carbocycles. The molecule has 1 amide bonds. The summed E-state index contributed by atoms with van der Waals surface area (Å²) >= 11 is 0. The summed E-state index contributed by atoms with van der Waals surface area (Å²) in [5.41, 5.74) is 0. The van der Waals surface area contributed by atoms with Crippen molar-refractivity contribution in [2.75, 3.05) is 20.3 Å². The number of halogens is 1. The molecule has 0 aliphatic heterocycles. The molecule has 0 aromatic heterocycles. The van der Waals surface area contributed by atoms with Gasteiger partial charge in [-0.2, -0.15) is 0 Å². The van der Waals surface area contributed by atoms with Gasteiger partial charge in [-0.3, -0.25) is 0 Å². The summed E-state index contributed by atoms with van der Waals surface area (Å²) in [4.78, 5) is 10.1. The molecule has 0 radical (unpaired) electrons. The molecule has 0 atom stereocenters. The largest absolute Gasteiger partial charge is 0.493 e. The highest BCUT2D eigenvalue weighted by Gasteiger charge is 2.05. The molecule has 6 heteroatoms. The molecule has 0 spiro atoms. The molecule has 0 fully saturated rings. The van der Waals surface area contributed by atoms with E-state index < -0.39 is 11.9 Å². The van der Waals surface area contributed by atoms with Crippen molar-refractivity contribution in [2.45, 2.75) is 0 Å². The van der Waals surface area contributed by atoms with Gasteiger partial charge in [0.1, 0.15) is 12.4 Å². The minimum Gasteiger partial charge on any atom is -0.493 e. The summed E-state index contributed by atoms with van der Waals surface area (Å²) in [5.74, 6) is 0.222. The van der Waals surface area contributed by atoms with Crippen LogP contribution in [0.25, 0.3) is 0 Å². The number of methoxy groups -OCH3 is 1. The van der Waals surface area contributed by atoms with Gasteiger partial charge in [0.2, 0.25) is 0 Å². The molecule has 88 valence electrons. The summed E-state index contributed by atoms with van der Waals surface area (Å²) in [5, 5.41) is 10.4. The number of ether oxygens (including phenoxy) is 2. The van der Waals surface area contributed by atoms with Crippen LogP contribution in [-0.4, -0.2) is 31.5 Å². The summed E-state index contributed by atoms with van der Waals surface area (Å²) in [6.45, 7) is 0.296. The van der Waals surface area contributed by atoms with Gasteiger partial charge in [0.15, 0.2) is 11.5 Å². The third-order valence-electron chi connectivity index (χ3n) is 1.76. The smallest absolute Gasteiger partial charge is 0.404 e. The van der Waals surface area contributed by atoms with E-state index in [4.69, 9.17) is 14.6 Å². The van der Waals surface area contributed by atoms with Gasteiger partial charge in [0, 0.05) is 6.07 Å².